The van der Waals surface area contributed by atoms with Gasteiger partial charge in [0.15, 0.2) is 0 Å². The van der Waals surface area contributed by atoms with E-state index in [9.17, 15) is 4.79 Å². The molecule has 0 aliphatic carbocycles. The van der Waals surface area contributed by atoms with E-state index in [1.807, 2.05) is 0 Å². The summed E-state index contributed by atoms with van der Waals surface area (Å²) in [4.78, 5) is 18.2. The van der Waals surface area contributed by atoms with Crippen molar-refractivity contribution < 1.29 is 9.53 Å². The molecule has 1 aromatic heterocycles. The summed E-state index contributed by atoms with van der Waals surface area (Å²) in [5, 5.41) is 3.28. The number of aliphatic imine (C=N–C) groups is 1. The third kappa shape index (κ3) is 1.26. The molecule has 0 aromatic carbocycles. The second kappa shape index (κ2) is 3.34. The third-order valence-electron chi connectivity index (χ3n) is 1.97. The van der Waals surface area contributed by atoms with Crippen molar-refractivity contribution in [3.63, 3.8) is 0 Å². The van der Waals surface area contributed by atoms with Gasteiger partial charge in [-0.1, -0.05) is 11.6 Å². The maximum absolute atomic E-state index is 11.3. The van der Waals surface area contributed by atoms with Crippen LogP contribution < -0.4 is 5.32 Å². The minimum atomic E-state index is -0.431. The van der Waals surface area contributed by atoms with Crippen LogP contribution in [0.2, 0.25) is 0 Å². The third-order valence-corrected chi connectivity index (χ3v) is 2.27. The van der Waals surface area contributed by atoms with Crippen LogP contribution in [0.3, 0.4) is 0 Å². The summed E-state index contributed by atoms with van der Waals surface area (Å²) < 4.78 is 4.61. The van der Waals surface area contributed by atoms with Crippen LogP contribution in [-0.2, 0) is 4.74 Å². The van der Waals surface area contributed by atoms with Gasteiger partial charge >= 0.3 is 5.97 Å². The quantitative estimate of drug-likeness (QED) is 0.689. The molecule has 0 unspecified atom stereocenters. The Balaban J connectivity index is 2.51. The van der Waals surface area contributed by atoms with Gasteiger partial charge in [0.25, 0.3) is 0 Å². The average molecular weight is 214 g/mol. The predicted octanol–water partition coefficient (Wildman–Crippen LogP) is 1.17. The number of hydrogen-bond donors (Lipinski definition) is 2. The first-order valence-electron chi connectivity index (χ1n) is 3.98. The second-order valence-electron chi connectivity index (χ2n) is 2.73. The molecule has 0 atom stereocenters. The summed E-state index contributed by atoms with van der Waals surface area (Å²) in [6.07, 6.45) is 1.55. The summed E-state index contributed by atoms with van der Waals surface area (Å²) >= 11 is 5.88. The second-order valence-corrected chi connectivity index (χ2v) is 3.09. The summed E-state index contributed by atoms with van der Waals surface area (Å²) in [5.74, 6) is 0.268. The van der Waals surface area contributed by atoms with Crippen molar-refractivity contribution in [2.75, 3.05) is 19.1 Å². The average Bonchev–Trinajstić information content (AvgIpc) is 2.62. The maximum Gasteiger partial charge on any atom is 0.340 e. The fourth-order valence-corrected chi connectivity index (χ4v) is 1.57. The minimum absolute atomic E-state index is 0.320. The van der Waals surface area contributed by atoms with Crippen LogP contribution in [0.1, 0.15) is 15.9 Å². The van der Waals surface area contributed by atoms with E-state index in [-0.39, 0.29) is 0 Å². The van der Waals surface area contributed by atoms with Crippen LogP contribution >= 0.6 is 11.6 Å². The molecule has 0 radical (unpaired) electrons. The molecule has 0 saturated heterocycles. The van der Waals surface area contributed by atoms with E-state index in [1.54, 1.807) is 6.20 Å². The number of rotatable bonds is 1. The predicted molar refractivity (Wildman–Crippen MR) is 53.0 cm³/mol. The number of H-pyrrole nitrogens is 1. The van der Waals surface area contributed by atoms with Crippen LogP contribution in [0, 0.1) is 0 Å². The zero-order valence-electron chi connectivity index (χ0n) is 7.43. The van der Waals surface area contributed by atoms with Gasteiger partial charge in [0.05, 0.1) is 18.2 Å². The van der Waals surface area contributed by atoms with Crippen LogP contribution in [0.5, 0.6) is 0 Å². The topological polar surface area (TPSA) is 66.5 Å². The molecule has 2 rings (SSSR count). The fraction of sp³-hybridized carbons (Fsp3) is 0.250. The highest BCUT2D eigenvalue weighted by molar-refractivity contribution is 6.70. The normalized spacial score (nSPS) is 14.0. The highest BCUT2D eigenvalue weighted by Gasteiger charge is 2.23. The number of nitrogens with one attached hydrogen (secondary N) is 2. The lowest BCUT2D eigenvalue weighted by Crippen LogP contribution is -2.14. The van der Waals surface area contributed by atoms with Gasteiger partial charge in [-0.2, -0.15) is 0 Å². The molecular weight excluding hydrogens is 206 g/mol. The number of nitrogens with zero attached hydrogens (tertiary/aromatic N) is 1. The van der Waals surface area contributed by atoms with Gasteiger partial charge in [-0.05, 0) is 0 Å². The van der Waals surface area contributed by atoms with Crippen molar-refractivity contribution in [1.82, 2.24) is 4.98 Å². The Kier molecular flexibility index (Phi) is 2.17. The van der Waals surface area contributed by atoms with Crippen LogP contribution in [0.4, 0.5) is 5.82 Å². The first kappa shape index (κ1) is 9.08. The lowest BCUT2D eigenvalue weighted by Gasteiger charge is -2.11. The van der Waals surface area contributed by atoms with Gasteiger partial charge in [-0.25, -0.2) is 4.79 Å². The van der Waals surface area contributed by atoms with Crippen molar-refractivity contribution in [3.8, 4) is 0 Å². The van der Waals surface area contributed by atoms with Crippen molar-refractivity contribution in [2.45, 2.75) is 0 Å². The van der Waals surface area contributed by atoms with E-state index < -0.39 is 5.97 Å². The standard InChI is InChI=1S/C8H8ClN3O2/c1-14-8(13)4-2-10-7-5(4)6(9)11-3-12-7/h2,10,12H,3H2,1H3. The Hall–Kier alpha value is -1.49. The Morgan fingerprint density at radius 3 is 3.21 bits per heavy atom. The van der Waals surface area contributed by atoms with Crippen LogP contribution in [0.25, 0.3) is 0 Å². The first-order valence-corrected chi connectivity index (χ1v) is 4.35. The Labute approximate surface area is 85.1 Å². The van der Waals surface area contributed by atoms with E-state index in [4.69, 9.17) is 11.6 Å². The van der Waals surface area contributed by atoms with Gasteiger partial charge in [0.2, 0.25) is 0 Å². The molecule has 1 aliphatic rings. The molecule has 74 valence electrons. The van der Waals surface area contributed by atoms with E-state index >= 15 is 0 Å². The minimum Gasteiger partial charge on any atom is -0.465 e. The van der Waals surface area contributed by atoms with E-state index in [1.165, 1.54) is 7.11 Å². The lowest BCUT2D eigenvalue weighted by atomic mass is 10.2. The van der Waals surface area contributed by atoms with E-state index in [0.29, 0.717) is 28.8 Å². The Bertz CT molecular complexity index is 411. The molecule has 0 spiro atoms. The molecule has 2 N–H and O–H groups in total. The van der Waals surface area contributed by atoms with E-state index in [0.717, 1.165) is 0 Å². The van der Waals surface area contributed by atoms with Gasteiger partial charge < -0.3 is 15.0 Å². The zero-order chi connectivity index (χ0) is 10.1. The van der Waals surface area contributed by atoms with E-state index in [2.05, 4.69) is 20.0 Å². The fourth-order valence-electron chi connectivity index (χ4n) is 1.32. The molecule has 0 saturated carbocycles. The van der Waals surface area contributed by atoms with Crippen molar-refractivity contribution in [1.29, 1.82) is 0 Å². The zero-order valence-corrected chi connectivity index (χ0v) is 8.18. The molecule has 0 bridgehead atoms. The molecule has 2 heterocycles. The van der Waals surface area contributed by atoms with Gasteiger partial charge in [-0.15, -0.1) is 0 Å². The van der Waals surface area contributed by atoms with Gasteiger partial charge in [0, 0.05) is 6.20 Å². The lowest BCUT2D eigenvalue weighted by molar-refractivity contribution is 0.0601. The van der Waals surface area contributed by atoms with Crippen molar-refractivity contribution in [2.24, 2.45) is 4.99 Å². The number of aromatic amines is 1. The number of carbonyl (C=O) groups is 1. The number of esters is 1. The molecule has 6 heteroatoms. The number of anilines is 1. The summed E-state index contributed by atoms with van der Waals surface area (Å²) in [7, 11) is 1.32. The van der Waals surface area contributed by atoms with Gasteiger partial charge in [0.1, 0.15) is 17.7 Å². The number of fused-ring (bicyclic) bond motifs is 1. The van der Waals surface area contributed by atoms with Crippen molar-refractivity contribution >= 4 is 28.6 Å². The monoisotopic (exact) mass is 213 g/mol. The summed E-state index contributed by atoms with van der Waals surface area (Å²) in [6, 6.07) is 0. The number of methoxy groups -OCH3 is 1. The summed E-state index contributed by atoms with van der Waals surface area (Å²) in [5.41, 5.74) is 0.966. The number of ether oxygens (including phenoxy) is 1. The van der Waals surface area contributed by atoms with Crippen LogP contribution in [-0.4, -0.2) is 29.9 Å². The number of carbonyl (C=O) groups excluding carboxylic acids is 1. The molecular formula is C8H8ClN3O2. The van der Waals surface area contributed by atoms with Gasteiger partial charge in [-0.3, -0.25) is 4.99 Å². The Morgan fingerprint density at radius 1 is 1.71 bits per heavy atom. The molecule has 5 nitrogen and oxygen atoms in total. The molecule has 0 fully saturated rings. The molecule has 1 aliphatic heterocycles. The number of hydrogen-bond acceptors (Lipinski definition) is 4. The molecule has 14 heavy (non-hydrogen) atoms. The maximum atomic E-state index is 11.3. The largest absolute Gasteiger partial charge is 0.465 e. The highest BCUT2D eigenvalue weighted by Crippen LogP contribution is 2.25. The van der Waals surface area contributed by atoms with Crippen LogP contribution in [0.15, 0.2) is 11.2 Å². The summed E-state index contributed by atoms with van der Waals surface area (Å²) in [6.45, 7) is 0.410. The highest BCUT2D eigenvalue weighted by atomic mass is 35.5. The molecule has 1 aromatic rings. The SMILES string of the molecule is COC(=O)c1c[nH]c2c1C(Cl)=NCN2. The number of aromatic nitrogens is 1. The Morgan fingerprint density at radius 2 is 2.50 bits per heavy atom. The first-order chi connectivity index (χ1) is 6.74. The van der Waals surface area contributed by atoms with Crippen molar-refractivity contribution in [3.05, 3.63) is 17.3 Å². The smallest absolute Gasteiger partial charge is 0.340 e. The number of halogens is 1. The molecule has 0 amide bonds.